The number of aryl methyl sites for hydroxylation is 1. The average Bonchev–Trinajstić information content (AvgIpc) is 3.41. The number of ether oxygens (including phenoxy) is 1. The maximum absolute atomic E-state index is 13.3. The molecule has 1 fully saturated rings. The van der Waals surface area contributed by atoms with Crippen LogP contribution in [-0.2, 0) is 4.74 Å². The van der Waals surface area contributed by atoms with Gasteiger partial charge in [0.2, 0.25) is 11.7 Å². The van der Waals surface area contributed by atoms with Gasteiger partial charge in [0.1, 0.15) is 11.3 Å². The molecule has 176 valence electrons. The number of amides is 1. The Kier molecular flexibility index (Phi) is 5.16. The number of hydrogen-bond donors (Lipinski definition) is 1. The number of alkyl halides is 3. The molecule has 11 heteroatoms. The molecule has 34 heavy (non-hydrogen) atoms. The summed E-state index contributed by atoms with van der Waals surface area (Å²) in [6.45, 7) is 1.84. The molecule has 1 amide bonds. The van der Waals surface area contributed by atoms with Crippen LogP contribution in [0.15, 0.2) is 53.3 Å². The van der Waals surface area contributed by atoms with Crippen LogP contribution < -0.4 is 5.32 Å². The lowest BCUT2D eigenvalue weighted by atomic mass is 9.70. The fourth-order valence-electron chi connectivity index (χ4n) is 4.13. The van der Waals surface area contributed by atoms with E-state index in [2.05, 4.69) is 20.4 Å². The number of carbonyl (C=O) groups excluding carboxylic acids is 1. The van der Waals surface area contributed by atoms with Crippen LogP contribution in [0.3, 0.4) is 0 Å². The largest absolute Gasteiger partial charge is 0.417 e. The van der Waals surface area contributed by atoms with E-state index in [0.717, 1.165) is 12.7 Å². The molecule has 1 aliphatic rings. The van der Waals surface area contributed by atoms with E-state index >= 15 is 0 Å². The molecule has 3 heterocycles. The van der Waals surface area contributed by atoms with Gasteiger partial charge in [-0.15, -0.1) is 0 Å². The lowest BCUT2D eigenvalue weighted by Gasteiger charge is -2.45. The summed E-state index contributed by atoms with van der Waals surface area (Å²) in [5.41, 5.74) is 0.755. The number of fused-ring (bicyclic) bond motifs is 1. The molecule has 3 aromatic heterocycles. The van der Waals surface area contributed by atoms with Gasteiger partial charge in [-0.05, 0) is 43.5 Å². The summed E-state index contributed by atoms with van der Waals surface area (Å²) in [6, 6.07) is 10.7. The zero-order valence-electron chi connectivity index (χ0n) is 18.3. The average molecular weight is 471 g/mol. The van der Waals surface area contributed by atoms with Gasteiger partial charge < -0.3 is 14.6 Å². The van der Waals surface area contributed by atoms with Crippen LogP contribution in [0.2, 0.25) is 0 Å². The van der Waals surface area contributed by atoms with Crippen LogP contribution in [0.1, 0.15) is 40.7 Å². The third-order valence-electron chi connectivity index (χ3n) is 6.24. The van der Waals surface area contributed by atoms with E-state index in [-0.39, 0.29) is 30.5 Å². The van der Waals surface area contributed by atoms with Gasteiger partial charge in [0.05, 0.1) is 6.20 Å². The van der Waals surface area contributed by atoms with E-state index in [4.69, 9.17) is 9.26 Å². The topological polar surface area (TPSA) is 94.5 Å². The predicted molar refractivity (Wildman–Crippen MR) is 115 cm³/mol. The van der Waals surface area contributed by atoms with Crippen LogP contribution in [0.4, 0.5) is 18.9 Å². The monoisotopic (exact) mass is 471 g/mol. The second-order valence-corrected chi connectivity index (χ2v) is 8.31. The molecule has 1 N–H and O–H groups in total. The number of nitrogens with one attached hydrogen (secondary N) is 1. The molecule has 0 unspecified atom stereocenters. The van der Waals surface area contributed by atoms with Gasteiger partial charge in [0.15, 0.2) is 5.60 Å². The van der Waals surface area contributed by atoms with Crippen molar-refractivity contribution in [3.05, 3.63) is 65.9 Å². The molecule has 0 aliphatic heterocycles. The highest BCUT2D eigenvalue weighted by Crippen LogP contribution is 2.54. The molecule has 5 rings (SSSR count). The number of rotatable bonds is 5. The van der Waals surface area contributed by atoms with Crippen LogP contribution in [0.5, 0.6) is 0 Å². The minimum absolute atomic E-state index is 0.129. The van der Waals surface area contributed by atoms with Gasteiger partial charge >= 0.3 is 6.18 Å². The zero-order chi connectivity index (χ0) is 24.1. The molecular formula is C23H20F3N5O3. The highest BCUT2D eigenvalue weighted by Gasteiger charge is 2.64. The maximum atomic E-state index is 13.3. The number of carbonyl (C=O) groups is 1. The Morgan fingerprint density at radius 1 is 1.26 bits per heavy atom. The van der Waals surface area contributed by atoms with E-state index in [1.54, 1.807) is 40.9 Å². The minimum atomic E-state index is -4.47. The zero-order valence-corrected chi connectivity index (χ0v) is 18.3. The van der Waals surface area contributed by atoms with Gasteiger partial charge in [0.25, 0.3) is 5.91 Å². The van der Waals surface area contributed by atoms with Crippen molar-refractivity contribution in [3.63, 3.8) is 0 Å². The van der Waals surface area contributed by atoms with E-state index in [0.29, 0.717) is 22.6 Å². The Morgan fingerprint density at radius 3 is 2.79 bits per heavy atom. The smallest absolute Gasteiger partial charge is 0.369 e. The van der Waals surface area contributed by atoms with Crippen molar-refractivity contribution >= 4 is 17.2 Å². The van der Waals surface area contributed by atoms with E-state index in [1.807, 2.05) is 13.0 Å². The lowest BCUT2D eigenvalue weighted by Crippen LogP contribution is -2.55. The Bertz CT molecular complexity index is 1370. The number of hydrogen-bond acceptors (Lipinski definition) is 6. The molecule has 0 bridgehead atoms. The van der Waals surface area contributed by atoms with Gasteiger partial charge in [-0.1, -0.05) is 23.4 Å². The molecule has 1 aromatic carbocycles. The quantitative estimate of drug-likeness (QED) is 0.451. The highest BCUT2D eigenvalue weighted by molar-refractivity contribution is 6.04. The molecule has 8 nitrogen and oxygen atoms in total. The SMILES string of the molecule is COC1(C(F)(F)F)CC(c2nc(-c3ccc(C)c(NC(=O)c4cnc5ccccn45)c3)no2)C1. The Hall–Kier alpha value is -3.73. The Balaban J connectivity index is 1.35. The summed E-state index contributed by atoms with van der Waals surface area (Å²) in [5.74, 6) is -0.529. The van der Waals surface area contributed by atoms with Crippen molar-refractivity contribution in [2.45, 2.75) is 37.5 Å². The standard InChI is InChI=1S/C23H20F3N5O3/c1-13-6-7-14(9-16(13)28-20(32)17-12-27-18-5-3-4-8-31(17)18)19-29-21(34-30-19)15-10-22(11-15,33-2)23(24,25)26/h3-9,12,15H,10-11H2,1-2H3,(H,28,32). The molecule has 0 atom stereocenters. The predicted octanol–water partition coefficient (Wildman–Crippen LogP) is 4.77. The second kappa shape index (κ2) is 7.94. The van der Waals surface area contributed by atoms with Crippen LogP contribution in [0, 0.1) is 6.92 Å². The summed E-state index contributed by atoms with van der Waals surface area (Å²) in [5, 5.41) is 6.81. The summed E-state index contributed by atoms with van der Waals surface area (Å²) >= 11 is 0. The fraction of sp³-hybridized carbons (Fsp3) is 0.304. The number of halogens is 3. The molecule has 0 spiro atoms. The fourth-order valence-corrected chi connectivity index (χ4v) is 4.13. The van der Waals surface area contributed by atoms with Crippen molar-refractivity contribution in [2.24, 2.45) is 0 Å². The van der Waals surface area contributed by atoms with Gasteiger partial charge in [0, 0.05) is 30.5 Å². The van der Waals surface area contributed by atoms with Crippen LogP contribution in [0.25, 0.3) is 17.0 Å². The first-order valence-corrected chi connectivity index (χ1v) is 10.5. The van der Waals surface area contributed by atoms with Crippen LogP contribution in [-0.4, -0.2) is 44.3 Å². The number of benzene rings is 1. The summed E-state index contributed by atoms with van der Waals surface area (Å²) in [7, 11) is 1.05. The summed E-state index contributed by atoms with van der Waals surface area (Å²) in [6.07, 6.45) is -1.77. The third-order valence-corrected chi connectivity index (χ3v) is 6.24. The minimum Gasteiger partial charge on any atom is -0.369 e. The Morgan fingerprint density at radius 2 is 2.06 bits per heavy atom. The van der Waals surface area contributed by atoms with Crippen molar-refractivity contribution in [1.82, 2.24) is 19.5 Å². The van der Waals surface area contributed by atoms with Gasteiger partial charge in [-0.3, -0.25) is 9.20 Å². The van der Waals surface area contributed by atoms with Gasteiger partial charge in [-0.25, -0.2) is 4.98 Å². The molecular weight excluding hydrogens is 451 g/mol. The molecule has 1 aliphatic carbocycles. The van der Waals surface area contributed by atoms with Crippen LogP contribution >= 0.6 is 0 Å². The molecule has 4 aromatic rings. The first kappa shape index (κ1) is 22.1. The number of methoxy groups -OCH3 is 1. The number of pyridine rings is 1. The lowest BCUT2D eigenvalue weighted by molar-refractivity contribution is -0.302. The Labute approximate surface area is 191 Å². The maximum Gasteiger partial charge on any atom is 0.417 e. The summed E-state index contributed by atoms with van der Waals surface area (Å²) in [4.78, 5) is 21.4. The van der Waals surface area contributed by atoms with E-state index in [1.165, 1.54) is 6.20 Å². The van der Waals surface area contributed by atoms with E-state index in [9.17, 15) is 18.0 Å². The first-order valence-electron chi connectivity index (χ1n) is 10.5. The molecule has 0 saturated heterocycles. The third kappa shape index (κ3) is 3.61. The normalized spacial score (nSPS) is 20.3. The molecule has 0 radical (unpaired) electrons. The number of nitrogens with zero attached hydrogens (tertiary/aromatic N) is 4. The number of imidazole rings is 1. The van der Waals surface area contributed by atoms with Crippen molar-refractivity contribution in [1.29, 1.82) is 0 Å². The first-order chi connectivity index (χ1) is 16.2. The highest BCUT2D eigenvalue weighted by atomic mass is 19.4. The van der Waals surface area contributed by atoms with Crippen molar-refractivity contribution < 1.29 is 27.2 Å². The summed E-state index contributed by atoms with van der Waals surface area (Å²) < 4.78 is 51.4. The van der Waals surface area contributed by atoms with E-state index < -0.39 is 17.7 Å². The second-order valence-electron chi connectivity index (χ2n) is 8.31. The van der Waals surface area contributed by atoms with Crippen molar-refractivity contribution in [3.8, 4) is 11.4 Å². The number of anilines is 1. The number of aromatic nitrogens is 4. The van der Waals surface area contributed by atoms with Gasteiger partial charge in [-0.2, -0.15) is 18.2 Å². The van der Waals surface area contributed by atoms with Crippen molar-refractivity contribution in [2.75, 3.05) is 12.4 Å². The molecule has 1 saturated carbocycles.